The molecule has 76 valence electrons. The van der Waals surface area contributed by atoms with Crippen LogP contribution >= 0.6 is 0 Å². The lowest BCUT2D eigenvalue weighted by Crippen LogP contribution is -1.98. The van der Waals surface area contributed by atoms with E-state index in [2.05, 4.69) is 4.98 Å². The van der Waals surface area contributed by atoms with Crippen LogP contribution in [0, 0.1) is 0 Å². The molecule has 15 heavy (non-hydrogen) atoms. The van der Waals surface area contributed by atoms with Gasteiger partial charge in [-0.25, -0.2) is 0 Å². The molecule has 0 amide bonds. The van der Waals surface area contributed by atoms with Gasteiger partial charge in [-0.05, 0) is 17.2 Å². The van der Waals surface area contributed by atoms with Crippen LogP contribution in [-0.4, -0.2) is 10.1 Å². The summed E-state index contributed by atoms with van der Waals surface area (Å²) in [6.45, 7) is 0.478. The van der Waals surface area contributed by atoms with Crippen molar-refractivity contribution in [2.24, 2.45) is 5.73 Å². The van der Waals surface area contributed by atoms with Gasteiger partial charge in [0.15, 0.2) is 0 Å². The Labute approximate surface area is 88.2 Å². The number of aromatic nitrogens is 1. The Kier molecular flexibility index (Phi) is 2.65. The van der Waals surface area contributed by atoms with Crippen molar-refractivity contribution in [3.8, 4) is 16.9 Å². The molecule has 0 aliphatic heterocycles. The van der Waals surface area contributed by atoms with E-state index in [1.165, 1.54) is 6.20 Å². The number of nitrogens with two attached hydrogens (primary N) is 1. The monoisotopic (exact) mass is 200 g/mol. The fourth-order valence-corrected chi connectivity index (χ4v) is 1.56. The fraction of sp³-hybridized carbons (Fsp3) is 0.0833. The van der Waals surface area contributed by atoms with Crippen molar-refractivity contribution < 1.29 is 5.11 Å². The van der Waals surface area contributed by atoms with E-state index in [-0.39, 0.29) is 5.75 Å². The molecule has 0 unspecified atom stereocenters. The van der Waals surface area contributed by atoms with Crippen molar-refractivity contribution in [3.63, 3.8) is 0 Å². The Balaban J connectivity index is 2.53. The van der Waals surface area contributed by atoms with Crippen LogP contribution in [0.25, 0.3) is 11.1 Å². The fourth-order valence-electron chi connectivity index (χ4n) is 1.56. The van der Waals surface area contributed by atoms with E-state index in [1.807, 2.05) is 24.3 Å². The van der Waals surface area contributed by atoms with Gasteiger partial charge in [-0.2, -0.15) is 0 Å². The zero-order valence-electron chi connectivity index (χ0n) is 8.22. The summed E-state index contributed by atoms with van der Waals surface area (Å²) in [5, 5.41) is 9.34. The second kappa shape index (κ2) is 4.11. The third-order valence-electron chi connectivity index (χ3n) is 2.27. The van der Waals surface area contributed by atoms with E-state index < -0.39 is 0 Å². The quantitative estimate of drug-likeness (QED) is 0.778. The molecule has 0 bridgehead atoms. The molecule has 0 fully saturated rings. The predicted octanol–water partition coefficient (Wildman–Crippen LogP) is 1.91. The van der Waals surface area contributed by atoms with Gasteiger partial charge in [-0.3, -0.25) is 4.98 Å². The Morgan fingerprint density at radius 3 is 2.73 bits per heavy atom. The van der Waals surface area contributed by atoms with Gasteiger partial charge < -0.3 is 10.8 Å². The summed E-state index contributed by atoms with van der Waals surface area (Å²) in [7, 11) is 0. The Bertz CT molecular complexity index is 469. The van der Waals surface area contributed by atoms with Crippen LogP contribution in [0.4, 0.5) is 0 Å². The van der Waals surface area contributed by atoms with Crippen LogP contribution in [-0.2, 0) is 6.54 Å². The summed E-state index contributed by atoms with van der Waals surface area (Å²) < 4.78 is 0. The molecule has 0 saturated carbocycles. The topological polar surface area (TPSA) is 59.1 Å². The molecule has 1 aromatic carbocycles. The molecule has 0 spiro atoms. The maximum absolute atomic E-state index is 9.34. The highest BCUT2D eigenvalue weighted by Crippen LogP contribution is 2.24. The molecule has 0 aliphatic rings. The molecule has 1 aromatic heterocycles. The van der Waals surface area contributed by atoms with Gasteiger partial charge in [0.2, 0.25) is 0 Å². The van der Waals surface area contributed by atoms with Gasteiger partial charge in [0, 0.05) is 18.3 Å². The van der Waals surface area contributed by atoms with Crippen LogP contribution in [0.1, 0.15) is 5.56 Å². The summed E-state index contributed by atoms with van der Waals surface area (Å²) >= 11 is 0. The molecule has 0 saturated heterocycles. The Hall–Kier alpha value is -1.87. The number of pyridine rings is 1. The maximum Gasteiger partial charge on any atom is 0.134 e. The van der Waals surface area contributed by atoms with Crippen molar-refractivity contribution in [1.29, 1.82) is 0 Å². The largest absolute Gasteiger partial charge is 0.506 e. The molecular formula is C12H12N2O. The number of hydrogen-bond donors (Lipinski definition) is 2. The van der Waals surface area contributed by atoms with E-state index in [0.29, 0.717) is 6.54 Å². The highest BCUT2D eigenvalue weighted by molar-refractivity contribution is 5.67. The summed E-state index contributed by atoms with van der Waals surface area (Å²) in [5.41, 5.74) is 8.59. The summed E-state index contributed by atoms with van der Waals surface area (Å²) in [4.78, 5) is 3.95. The molecule has 3 N–H and O–H groups in total. The van der Waals surface area contributed by atoms with Crippen molar-refractivity contribution in [3.05, 3.63) is 48.3 Å². The van der Waals surface area contributed by atoms with Crippen LogP contribution < -0.4 is 5.73 Å². The highest BCUT2D eigenvalue weighted by atomic mass is 16.3. The van der Waals surface area contributed by atoms with Crippen molar-refractivity contribution >= 4 is 0 Å². The van der Waals surface area contributed by atoms with E-state index in [9.17, 15) is 5.11 Å². The molecule has 2 aromatic rings. The summed E-state index contributed by atoms with van der Waals surface area (Å²) in [6, 6.07) is 9.51. The number of benzene rings is 1. The van der Waals surface area contributed by atoms with E-state index in [0.717, 1.165) is 16.7 Å². The minimum absolute atomic E-state index is 0.166. The molecule has 3 heteroatoms. The molecule has 1 heterocycles. The normalized spacial score (nSPS) is 10.2. The molecule has 0 radical (unpaired) electrons. The Morgan fingerprint density at radius 2 is 2.00 bits per heavy atom. The lowest BCUT2D eigenvalue weighted by atomic mass is 10.0. The average Bonchev–Trinajstić information content (AvgIpc) is 2.29. The first kappa shape index (κ1) is 9.68. The second-order valence-electron chi connectivity index (χ2n) is 3.29. The van der Waals surface area contributed by atoms with Crippen LogP contribution in [0.3, 0.4) is 0 Å². The van der Waals surface area contributed by atoms with E-state index in [1.54, 1.807) is 12.3 Å². The first-order chi connectivity index (χ1) is 7.31. The van der Waals surface area contributed by atoms with Crippen LogP contribution in [0.2, 0.25) is 0 Å². The molecule has 3 nitrogen and oxygen atoms in total. The summed E-state index contributed by atoms with van der Waals surface area (Å²) in [6.07, 6.45) is 3.13. The van der Waals surface area contributed by atoms with Crippen LogP contribution in [0.15, 0.2) is 42.7 Å². The van der Waals surface area contributed by atoms with Gasteiger partial charge in [-0.1, -0.05) is 24.3 Å². The Morgan fingerprint density at radius 1 is 1.20 bits per heavy atom. The third-order valence-corrected chi connectivity index (χ3v) is 2.27. The highest BCUT2D eigenvalue weighted by Gasteiger charge is 2.03. The minimum atomic E-state index is 0.166. The summed E-state index contributed by atoms with van der Waals surface area (Å²) in [5.74, 6) is 0.166. The lowest BCUT2D eigenvalue weighted by molar-refractivity contribution is 0.473. The van der Waals surface area contributed by atoms with E-state index in [4.69, 9.17) is 5.73 Å². The average molecular weight is 200 g/mol. The van der Waals surface area contributed by atoms with Crippen LogP contribution in [0.5, 0.6) is 5.75 Å². The third kappa shape index (κ3) is 1.97. The van der Waals surface area contributed by atoms with Gasteiger partial charge >= 0.3 is 0 Å². The lowest BCUT2D eigenvalue weighted by Gasteiger charge is -2.07. The second-order valence-corrected chi connectivity index (χ2v) is 3.29. The standard InChI is InChI=1S/C12H12N2O/c13-6-9-3-1-2-4-12(9)10-5-11(15)8-14-7-10/h1-5,7-8,15H,6,13H2. The SMILES string of the molecule is NCc1ccccc1-c1cncc(O)c1. The number of rotatable bonds is 2. The van der Waals surface area contributed by atoms with Gasteiger partial charge in [0.25, 0.3) is 0 Å². The van der Waals surface area contributed by atoms with Gasteiger partial charge in [0.1, 0.15) is 5.75 Å². The predicted molar refractivity (Wildman–Crippen MR) is 59.2 cm³/mol. The van der Waals surface area contributed by atoms with Gasteiger partial charge in [0.05, 0.1) is 6.20 Å². The molecular weight excluding hydrogens is 188 g/mol. The number of hydrogen-bond acceptors (Lipinski definition) is 3. The molecule has 0 atom stereocenters. The van der Waals surface area contributed by atoms with E-state index >= 15 is 0 Å². The zero-order valence-corrected chi connectivity index (χ0v) is 8.22. The maximum atomic E-state index is 9.34. The van der Waals surface area contributed by atoms with Crippen molar-refractivity contribution in [2.75, 3.05) is 0 Å². The van der Waals surface area contributed by atoms with Crippen molar-refractivity contribution in [1.82, 2.24) is 4.98 Å². The first-order valence-corrected chi connectivity index (χ1v) is 4.73. The smallest absolute Gasteiger partial charge is 0.134 e. The first-order valence-electron chi connectivity index (χ1n) is 4.73. The molecule has 0 aliphatic carbocycles. The number of nitrogens with zero attached hydrogens (tertiary/aromatic N) is 1. The molecule has 2 rings (SSSR count). The zero-order chi connectivity index (χ0) is 10.7. The van der Waals surface area contributed by atoms with Gasteiger partial charge in [-0.15, -0.1) is 0 Å². The number of aromatic hydroxyl groups is 1. The van der Waals surface area contributed by atoms with Crippen molar-refractivity contribution in [2.45, 2.75) is 6.54 Å². The minimum Gasteiger partial charge on any atom is -0.506 e.